The van der Waals surface area contributed by atoms with Gasteiger partial charge < -0.3 is 15.0 Å². The zero-order valence-corrected chi connectivity index (χ0v) is 14.1. The Balaban J connectivity index is 1.63. The van der Waals surface area contributed by atoms with E-state index in [0.29, 0.717) is 31.1 Å². The largest absolute Gasteiger partial charge is 0.439 e. The predicted octanol–water partition coefficient (Wildman–Crippen LogP) is 2.50. The Labute approximate surface area is 146 Å². The average Bonchev–Trinajstić information content (AvgIpc) is 3.07. The van der Waals surface area contributed by atoms with Crippen LogP contribution in [0.1, 0.15) is 25.3 Å². The van der Waals surface area contributed by atoms with Gasteiger partial charge in [0.1, 0.15) is 11.8 Å². The van der Waals surface area contributed by atoms with E-state index in [0.717, 1.165) is 12.0 Å². The molecule has 0 aliphatic carbocycles. The lowest BCUT2D eigenvalue weighted by molar-refractivity contribution is -0.136. The third-order valence-corrected chi connectivity index (χ3v) is 4.22. The van der Waals surface area contributed by atoms with Crippen LogP contribution in [0, 0.1) is 0 Å². The maximum absolute atomic E-state index is 12.4. The minimum atomic E-state index is -0.467. The van der Waals surface area contributed by atoms with E-state index in [9.17, 15) is 9.59 Å². The van der Waals surface area contributed by atoms with Crippen molar-refractivity contribution in [2.24, 2.45) is 0 Å². The molecule has 6 heteroatoms. The zero-order valence-electron chi connectivity index (χ0n) is 14.1. The fourth-order valence-corrected chi connectivity index (χ4v) is 2.80. The molecule has 2 heterocycles. The highest BCUT2D eigenvalue weighted by atomic mass is 16.5. The van der Waals surface area contributed by atoms with Gasteiger partial charge in [-0.05, 0) is 31.5 Å². The maximum Gasteiger partial charge on any atom is 0.242 e. The molecule has 2 amide bonds. The molecule has 1 aliphatic heterocycles. The SMILES string of the molecule is CC(C(=O)NCc1cccnc1Oc1ccccc1)N1CCCC1=O. The molecule has 1 aromatic carbocycles. The predicted molar refractivity (Wildman–Crippen MR) is 93.0 cm³/mol. The van der Waals surface area contributed by atoms with Gasteiger partial charge in [0.25, 0.3) is 0 Å². The minimum Gasteiger partial charge on any atom is -0.439 e. The number of nitrogens with zero attached hydrogens (tertiary/aromatic N) is 2. The molecule has 2 aromatic rings. The normalized spacial score (nSPS) is 15.1. The Bertz CT molecular complexity index is 749. The number of rotatable bonds is 6. The van der Waals surface area contributed by atoms with Crippen molar-refractivity contribution in [1.29, 1.82) is 0 Å². The standard InChI is InChI=1S/C19H21N3O3/c1-14(22-12-6-10-17(22)23)18(24)21-13-15-7-5-11-20-19(15)25-16-8-3-2-4-9-16/h2-5,7-9,11,14H,6,10,12-13H2,1H3,(H,21,24). The smallest absolute Gasteiger partial charge is 0.242 e. The first-order valence-corrected chi connectivity index (χ1v) is 8.39. The molecule has 1 atom stereocenters. The summed E-state index contributed by atoms with van der Waals surface area (Å²) in [6.07, 6.45) is 2.98. The monoisotopic (exact) mass is 339 g/mol. The van der Waals surface area contributed by atoms with Gasteiger partial charge in [0.2, 0.25) is 17.7 Å². The van der Waals surface area contributed by atoms with E-state index in [-0.39, 0.29) is 11.8 Å². The van der Waals surface area contributed by atoms with Gasteiger partial charge in [-0.25, -0.2) is 4.98 Å². The first kappa shape index (κ1) is 17.0. The van der Waals surface area contributed by atoms with E-state index in [4.69, 9.17) is 4.74 Å². The van der Waals surface area contributed by atoms with E-state index in [2.05, 4.69) is 10.3 Å². The number of carbonyl (C=O) groups is 2. The lowest BCUT2D eigenvalue weighted by Gasteiger charge is -2.23. The molecule has 130 valence electrons. The molecule has 0 saturated carbocycles. The van der Waals surface area contributed by atoms with Crippen LogP contribution in [0.2, 0.25) is 0 Å². The molecule has 1 N–H and O–H groups in total. The highest BCUT2D eigenvalue weighted by molar-refractivity contribution is 5.88. The van der Waals surface area contributed by atoms with Crippen LogP contribution >= 0.6 is 0 Å². The van der Waals surface area contributed by atoms with Crippen LogP contribution in [0.3, 0.4) is 0 Å². The summed E-state index contributed by atoms with van der Waals surface area (Å²) in [5.74, 6) is 1.01. The van der Waals surface area contributed by atoms with Crippen LogP contribution < -0.4 is 10.1 Å². The Morgan fingerprint density at radius 3 is 2.80 bits per heavy atom. The quantitative estimate of drug-likeness (QED) is 0.878. The second-order valence-corrected chi connectivity index (χ2v) is 5.97. The summed E-state index contributed by atoms with van der Waals surface area (Å²) >= 11 is 0. The molecule has 1 aromatic heterocycles. The van der Waals surface area contributed by atoms with E-state index in [1.54, 1.807) is 24.1 Å². The Morgan fingerprint density at radius 2 is 2.08 bits per heavy atom. The highest BCUT2D eigenvalue weighted by Gasteiger charge is 2.29. The topological polar surface area (TPSA) is 71.5 Å². The minimum absolute atomic E-state index is 0.0390. The number of ether oxygens (including phenoxy) is 1. The van der Waals surface area contributed by atoms with Crippen LogP contribution in [0.15, 0.2) is 48.7 Å². The first-order valence-electron chi connectivity index (χ1n) is 8.39. The fourth-order valence-electron chi connectivity index (χ4n) is 2.80. The number of amides is 2. The lowest BCUT2D eigenvalue weighted by Crippen LogP contribution is -2.45. The molecule has 0 bridgehead atoms. The second kappa shape index (κ2) is 7.79. The van der Waals surface area contributed by atoms with Gasteiger partial charge in [0.15, 0.2) is 0 Å². The van der Waals surface area contributed by atoms with Crippen LogP contribution in [0.5, 0.6) is 11.6 Å². The van der Waals surface area contributed by atoms with Crippen molar-refractivity contribution in [2.75, 3.05) is 6.54 Å². The Kier molecular flexibility index (Phi) is 5.28. The molecule has 1 aliphatic rings. The summed E-state index contributed by atoms with van der Waals surface area (Å²) in [5, 5.41) is 2.87. The summed E-state index contributed by atoms with van der Waals surface area (Å²) in [7, 11) is 0. The van der Waals surface area contributed by atoms with Crippen molar-refractivity contribution < 1.29 is 14.3 Å². The molecular weight excluding hydrogens is 318 g/mol. The van der Waals surface area contributed by atoms with Gasteiger partial charge in [0.05, 0.1) is 0 Å². The molecular formula is C19H21N3O3. The van der Waals surface area contributed by atoms with Crippen molar-refractivity contribution in [2.45, 2.75) is 32.4 Å². The van der Waals surface area contributed by atoms with Crippen molar-refractivity contribution in [3.63, 3.8) is 0 Å². The molecule has 6 nitrogen and oxygen atoms in total. The van der Waals surface area contributed by atoms with Crippen LogP contribution in [0.4, 0.5) is 0 Å². The van der Waals surface area contributed by atoms with Gasteiger partial charge in [-0.2, -0.15) is 0 Å². The van der Waals surface area contributed by atoms with Crippen molar-refractivity contribution in [1.82, 2.24) is 15.2 Å². The summed E-state index contributed by atoms with van der Waals surface area (Å²) < 4.78 is 5.79. The summed E-state index contributed by atoms with van der Waals surface area (Å²) in [4.78, 5) is 30.0. The molecule has 1 saturated heterocycles. The van der Waals surface area contributed by atoms with Crippen LogP contribution in [-0.4, -0.2) is 34.3 Å². The number of benzene rings is 1. The van der Waals surface area contributed by atoms with Gasteiger partial charge in [-0.3, -0.25) is 9.59 Å². The number of para-hydroxylation sites is 1. The van der Waals surface area contributed by atoms with E-state index < -0.39 is 6.04 Å². The van der Waals surface area contributed by atoms with Crippen molar-refractivity contribution in [3.05, 3.63) is 54.2 Å². The molecule has 1 fully saturated rings. The molecule has 1 unspecified atom stereocenters. The number of carbonyl (C=O) groups excluding carboxylic acids is 2. The number of pyridine rings is 1. The number of likely N-dealkylation sites (tertiary alicyclic amines) is 1. The number of nitrogens with one attached hydrogen (secondary N) is 1. The van der Waals surface area contributed by atoms with E-state index in [1.807, 2.05) is 36.4 Å². The highest BCUT2D eigenvalue weighted by Crippen LogP contribution is 2.22. The Morgan fingerprint density at radius 1 is 1.28 bits per heavy atom. The molecule has 25 heavy (non-hydrogen) atoms. The van der Waals surface area contributed by atoms with E-state index in [1.165, 1.54) is 0 Å². The number of hydrogen-bond donors (Lipinski definition) is 1. The van der Waals surface area contributed by atoms with Gasteiger partial charge in [-0.15, -0.1) is 0 Å². The third-order valence-electron chi connectivity index (χ3n) is 4.22. The average molecular weight is 339 g/mol. The first-order chi connectivity index (χ1) is 12.1. The van der Waals surface area contributed by atoms with Crippen molar-refractivity contribution in [3.8, 4) is 11.6 Å². The number of hydrogen-bond acceptors (Lipinski definition) is 4. The van der Waals surface area contributed by atoms with Crippen LogP contribution in [-0.2, 0) is 16.1 Å². The summed E-state index contributed by atoms with van der Waals surface area (Å²) in [6, 6.07) is 12.6. The molecule has 3 rings (SSSR count). The lowest BCUT2D eigenvalue weighted by atomic mass is 10.2. The maximum atomic E-state index is 12.4. The Hall–Kier alpha value is -2.89. The van der Waals surface area contributed by atoms with Gasteiger partial charge in [0, 0.05) is 31.3 Å². The molecule has 0 spiro atoms. The van der Waals surface area contributed by atoms with Crippen LogP contribution in [0.25, 0.3) is 0 Å². The fraction of sp³-hybridized carbons (Fsp3) is 0.316. The third kappa shape index (κ3) is 4.15. The summed E-state index contributed by atoms with van der Waals surface area (Å²) in [5.41, 5.74) is 0.777. The van der Waals surface area contributed by atoms with Crippen molar-refractivity contribution >= 4 is 11.8 Å². The van der Waals surface area contributed by atoms with E-state index >= 15 is 0 Å². The summed E-state index contributed by atoms with van der Waals surface area (Å²) in [6.45, 7) is 2.69. The zero-order chi connectivity index (χ0) is 17.6. The second-order valence-electron chi connectivity index (χ2n) is 5.97. The number of aromatic nitrogens is 1. The van der Waals surface area contributed by atoms with Gasteiger partial charge >= 0.3 is 0 Å². The van der Waals surface area contributed by atoms with Gasteiger partial charge in [-0.1, -0.05) is 24.3 Å². The molecule has 0 radical (unpaired) electrons.